The molecule has 0 spiro atoms. The van der Waals surface area contributed by atoms with E-state index in [0.717, 1.165) is 21.7 Å². The number of nitrogens with two attached hydrogens (primary N) is 1. The normalized spacial score (nSPS) is 10.8. The van der Waals surface area contributed by atoms with E-state index in [2.05, 4.69) is 0 Å². The average molecular weight is 418 g/mol. The number of thiazole rings is 1. The van der Waals surface area contributed by atoms with Gasteiger partial charge in [0, 0.05) is 22.5 Å². The summed E-state index contributed by atoms with van der Waals surface area (Å²) >= 11 is 1.38. The van der Waals surface area contributed by atoms with E-state index in [1.165, 1.54) is 23.5 Å². The molecule has 0 bridgehead atoms. The average Bonchev–Trinajstić information content (AvgIpc) is 3.11. The largest absolute Gasteiger partial charge is 0.481 e. The fourth-order valence-electron chi connectivity index (χ4n) is 3.35. The SMILES string of the molecule is Nc1ccc(-c2ccccc2Cc2nc(-c3ccc(F)cc3)c(CC(=O)O)s2)cc1. The molecule has 1 aromatic heterocycles. The van der Waals surface area contributed by atoms with Crippen LogP contribution in [0.15, 0.2) is 72.8 Å². The number of benzene rings is 3. The summed E-state index contributed by atoms with van der Waals surface area (Å²) in [5.74, 6) is -1.26. The van der Waals surface area contributed by atoms with Gasteiger partial charge < -0.3 is 10.8 Å². The molecule has 0 amide bonds. The Bertz CT molecular complexity index is 1180. The van der Waals surface area contributed by atoms with Gasteiger partial charge in [-0.25, -0.2) is 9.37 Å². The van der Waals surface area contributed by atoms with E-state index >= 15 is 0 Å². The van der Waals surface area contributed by atoms with Gasteiger partial charge in [-0.3, -0.25) is 4.79 Å². The molecule has 0 radical (unpaired) electrons. The molecular formula is C24H19FN2O2S. The third-order valence-electron chi connectivity index (χ3n) is 4.75. The van der Waals surface area contributed by atoms with Crippen LogP contribution in [0.5, 0.6) is 0 Å². The number of aromatic nitrogens is 1. The summed E-state index contributed by atoms with van der Waals surface area (Å²) in [6.07, 6.45) is 0.447. The summed E-state index contributed by atoms with van der Waals surface area (Å²) in [6.45, 7) is 0. The van der Waals surface area contributed by atoms with Gasteiger partial charge in [0.1, 0.15) is 5.82 Å². The molecule has 1 heterocycles. The maximum absolute atomic E-state index is 13.3. The molecular weight excluding hydrogens is 399 g/mol. The first-order chi connectivity index (χ1) is 14.5. The molecule has 4 aromatic rings. The number of anilines is 1. The predicted octanol–water partition coefficient (Wildman–Crippen LogP) is 5.42. The molecule has 0 unspecified atom stereocenters. The van der Waals surface area contributed by atoms with Crippen molar-refractivity contribution in [3.8, 4) is 22.4 Å². The maximum atomic E-state index is 13.3. The highest BCUT2D eigenvalue weighted by Crippen LogP contribution is 2.32. The molecule has 0 saturated carbocycles. The Labute approximate surface area is 177 Å². The topological polar surface area (TPSA) is 76.2 Å². The first-order valence-electron chi connectivity index (χ1n) is 9.40. The number of hydrogen-bond donors (Lipinski definition) is 2. The summed E-state index contributed by atoms with van der Waals surface area (Å²) in [5.41, 5.74) is 11.0. The molecule has 0 aliphatic carbocycles. The monoisotopic (exact) mass is 418 g/mol. The molecule has 4 nitrogen and oxygen atoms in total. The lowest BCUT2D eigenvalue weighted by atomic mass is 9.98. The van der Waals surface area contributed by atoms with Crippen LogP contribution in [0, 0.1) is 5.82 Å². The molecule has 0 aliphatic heterocycles. The maximum Gasteiger partial charge on any atom is 0.308 e. The molecule has 30 heavy (non-hydrogen) atoms. The van der Waals surface area contributed by atoms with Crippen LogP contribution < -0.4 is 5.73 Å². The van der Waals surface area contributed by atoms with E-state index in [0.29, 0.717) is 28.2 Å². The molecule has 4 rings (SSSR count). The van der Waals surface area contributed by atoms with E-state index in [9.17, 15) is 14.3 Å². The van der Waals surface area contributed by atoms with Crippen molar-refractivity contribution >= 4 is 23.0 Å². The lowest BCUT2D eigenvalue weighted by Gasteiger charge is -2.09. The molecule has 0 aliphatic rings. The van der Waals surface area contributed by atoms with Crippen molar-refractivity contribution in [1.29, 1.82) is 0 Å². The minimum Gasteiger partial charge on any atom is -0.481 e. The van der Waals surface area contributed by atoms with Gasteiger partial charge >= 0.3 is 5.97 Å². The van der Waals surface area contributed by atoms with Gasteiger partial charge in [0.05, 0.1) is 17.1 Å². The fourth-order valence-corrected chi connectivity index (χ4v) is 4.45. The van der Waals surface area contributed by atoms with Gasteiger partial charge in [0.15, 0.2) is 0 Å². The van der Waals surface area contributed by atoms with E-state index in [-0.39, 0.29) is 12.2 Å². The number of nitrogen functional groups attached to an aromatic ring is 1. The number of rotatable bonds is 6. The molecule has 6 heteroatoms. The number of carbonyl (C=O) groups is 1. The smallest absolute Gasteiger partial charge is 0.308 e. The van der Waals surface area contributed by atoms with Gasteiger partial charge in [-0.15, -0.1) is 11.3 Å². The van der Waals surface area contributed by atoms with Crippen LogP contribution >= 0.6 is 11.3 Å². The number of halogens is 1. The second-order valence-corrected chi connectivity index (χ2v) is 8.08. The van der Waals surface area contributed by atoms with Crippen molar-refractivity contribution in [1.82, 2.24) is 4.98 Å². The van der Waals surface area contributed by atoms with Crippen molar-refractivity contribution in [3.63, 3.8) is 0 Å². The van der Waals surface area contributed by atoms with Gasteiger partial charge in [0.25, 0.3) is 0 Å². The van der Waals surface area contributed by atoms with E-state index in [4.69, 9.17) is 10.7 Å². The number of aliphatic carboxylic acids is 1. The summed E-state index contributed by atoms with van der Waals surface area (Å²) in [6, 6.07) is 21.7. The third-order valence-corrected chi connectivity index (χ3v) is 5.81. The summed E-state index contributed by atoms with van der Waals surface area (Å²) in [7, 11) is 0. The van der Waals surface area contributed by atoms with Crippen LogP contribution in [0.3, 0.4) is 0 Å². The fraction of sp³-hybridized carbons (Fsp3) is 0.0833. The number of carboxylic acid groups (broad SMARTS) is 1. The zero-order valence-electron chi connectivity index (χ0n) is 16.0. The number of hydrogen-bond acceptors (Lipinski definition) is 4. The van der Waals surface area contributed by atoms with Crippen molar-refractivity contribution < 1.29 is 14.3 Å². The summed E-state index contributed by atoms with van der Waals surface area (Å²) < 4.78 is 13.3. The molecule has 0 fully saturated rings. The Hall–Kier alpha value is -3.51. The second-order valence-electron chi connectivity index (χ2n) is 6.91. The highest BCUT2D eigenvalue weighted by Gasteiger charge is 2.17. The first-order valence-corrected chi connectivity index (χ1v) is 10.2. The van der Waals surface area contributed by atoms with Crippen molar-refractivity contribution in [2.75, 3.05) is 5.73 Å². The predicted molar refractivity (Wildman–Crippen MR) is 118 cm³/mol. The Balaban J connectivity index is 1.71. The van der Waals surface area contributed by atoms with Crippen LogP contribution in [-0.2, 0) is 17.6 Å². The Kier molecular flexibility index (Phi) is 5.59. The molecule has 0 atom stereocenters. The van der Waals surface area contributed by atoms with Crippen LogP contribution in [0.2, 0.25) is 0 Å². The van der Waals surface area contributed by atoms with Crippen molar-refractivity contribution in [3.05, 3.63) is 94.1 Å². The lowest BCUT2D eigenvalue weighted by Crippen LogP contribution is -1.99. The van der Waals surface area contributed by atoms with Crippen LogP contribution in [-0.4, -0.2) is 16.1 Å². The summed E-state index contributed by atoms with van der Waals surface area (Å²) in [4.78, 5) is 16.7. The van der Waals surface area contributed by atoms with Crippen molar-refractivity contribution in [2.45, 2.75) is 12.8 Å². The molecule has 3 N–H and O–H groups in total. The highest BCUT2D eigenvalue weighted by atomic mass is 32.1. The highest BCUT2D eigenvalue weighted by molar-refractivity contribution is 7.12. The van der Waals surface area contributed by atoms with Gasteiger partial charge in [-0.1, -0.05) is 36.4 Å². The first kappa shape index (κ1) is 19.8. The molecule has 0 saturated heterocycles. The van der Waals surface area contributed by atoms with E-state index in [1.54, 1.807) is 12.1 Å². The van der Waals surface area contributed by atoms with Crippen LogP contribution in [0.1, 0.15) is 15.4 Å². The van der Waals surface area contributed by atoms with E-state index < -0.39 is 5.97 Å². The minimum atomic E-state index is -0.921. The number of carboxylic acids is 1. The standard InChI is InChI=1S/C24H19FN2O2S/c25-18-9-5-16(6-10-18)24-21(14-23(28)29)30-22(27-24)13-17-3-1-2-4-20(17)15-7-11-19(26)12-8-15/h1-12H,13-14,26H2,(H,28,29). The lowest BCUT2D eigenvalue weighted by molar-refractivity contribution is -0.136. The molecule has 3 aromatic carbocycles. The second kappa shape index (κ2) is 8.47. The zero-order valence-corrected chi connectivity index (χ0v) is 16.8. The Morgan fingerprint density at radius 1 is 0.967 bits per heavy atom. The van der Waals surface area contributed by atoms with Gasteiger partial charge in [-0.2, -0.15) is 0 Å². The van der Waals surface area contributed by atoms with Gasteiger partial charge in [0.2, 0.25) is 0 Å². The number of nitrogens with zero attached hydrogens (tertiary/aromatic N) is 1. The third kappa shape index (κ3) is 4.39. The Morgan fingerprint density at radius 2 is 1.63 bits per heavy atom. The molecule has 150 valence electrons. The quantitative estimate of drug-likeness (QED) is 0.410. The van der Waals surface area contributed by atoms with Crippen LogP contribution in [0.4, 0.5) is 10.1 Å². The van der Waals surface area contributed by atoms with Crippen LogP contribution in [0.25, 0.3) is 22.4 Å². The zero-order chi connectivity index (χ0) is 21.1. The summed E-state index contributed by atoms with van der Waals surface area (Å²) in [5, 5.41) is 10.1. The Morgan fingerprint density at radius 3 is 2.33 bits per heavy atom. The van der Waals surface area contributed by atoms with Gasteiger partial charge in [-0.05, 0) is 53.1 Å². The van der Waals surface area contributed by atoms with Crippen molar-refractivity contribution in [2.24, 2.45) is 0 Å². The van der Waals surface area contributed by atoms with E-state index in [1.807, 2.05) is 48.5 Å². The minimum absolute atomic E-state index is 0.121.